The van der Waals surface area contributed by atoms with Gasteiger partial charge in [0.15, 0.2) is 0 Å². The van der Waals surface area contributed by atoms with Gasteiger partial charge in [-0.3, -0.25) is 4.90 Å². The lowest BCUT2D eigenvalue weighted by Gasteiger charge is -2.18. The number of carboxylic acid groups (broad SMARTS) is 1. The summed E-state index contributed by atoms with van der Waals surface area (Å²) in [6.07, 6.45) is 5.70. The number of aromatic carboxylic acids is 1. The molecule has 0 radical (unpaired) electrons. The van der Waals surface area contributed by atoms with Crippen LogP contribution in [-0.2, 0) is 0 Å². The highest BCUT2D eigenvalue weighted by molar-refractivity contribution is 5.87. The van der Waals surface area contributed by atoms with Gasteiger partial charge in [0.25, 0.3) is 0 Å². The first-order valence-corrected chi connectivity index (χ1v) is 6.07. The molecule has 1 aliphatic heterocycles. The van der Waals surface area contributed by atoms with Gasteiger partial charge < -0.3 is 9.51 Å². The lowest BCUT2D eigenvalue weighted by Crippen LogP contribution is -2.19. The number of nitrogens with zero attached hydrogens (tertiary/aromatic N) is 3. The van der Waals surface area contributed by atoms with E-state index in [1.807, 2.05) is 4.40 Å². The Labute approximate surface area is 105 Å². The van der Waals surface area contributed by atoms with Gasteiger partial charge in [-0.2, -0.15) is 0 Å². The Balaban J connectivity index is 2.11. The van der Waals surface area contributed by atoms with Crippen LogP contribution in [-0.4, -0.2) is 39.0 Å². The molecule has 18 heavy (non-hydrogen) atoms. The maximum Gasteiger partial charge on any atom is 0.337 e. The first kappa shape index (κ1) is 11.2. The highest BCUT2D eigenvalue weighted by Crippen LogP contribution is 2.29. The second-order valence-corrected chi connectivity index (χ2v) is 4.77. The number of imidazole rings is 1. The molecule has 0 aromatic carbocycles. The molecular weight excluding hydrogens is 230 g/mol. The molecule has 1 saturated heterocycles. The Morgan fingerprint density at radius 2 is 2.33 bits per heavy atom. The van der Waals surface area contributed by atoms with E-state index in [0.717, 1.165) is 30.7 Å². The molecular formula is C13H15N3O2. The highest BCUT2D eigenvalue weighted by atomic mass is 16.4. The smallest absolute Gasteiger partial charge is 0.337 e. The first-order valence-electron chi connectivity index (χ1n) is 6.07. The molecule has 0 bridgehead atoms. The van der Waals surface area contributed by atoms with Crippen molar-refractivity contribution in [1.82, 2.24) is 14.3 Å². The fourth-order valence-corrected chi connectivity index (χ4v) is 2.62. The number of pyridine rings is 1. The van der Waals surface area contributed by atoms with Crippen LogP contribution in [0.25, 0.3) is 5.52 Å². The van der Waals surface area contributed by atoms with E-state index in [-0.39, 0.29) is 6.04 Å². The third kappa shape index (κ3) is 1.67. The van der Waals surface area contributed by atoms with Gasteiger partial charge in [-0.25, -0.2) is 9.78 Å². The van der Waals surface area contributed by atoms with E-state index in [0.29, 0.717) is 5.56 Å². The van der Waals surface area contributed by atoms with Crippen LogP contribution in [0.2, 0.25) is 0 Å². The monoisotopic (exact) mass is 245 g/mol. The minimum absolute atomic E-state index is 0.288. The normalized spacial score (nSPS) is 20.6. The summed E-state index contributed by atoms with van der Waals surface area (Å²) in [5, 5.41) is 9.05. The number of rotatable bonds is 2. The molecule has 1 atom stereocenters. The van der Waals surface area contributed by atoms with E-state index in [1.54, 1.807) is 24.5 Å². The first-order chi connectivity index (χ1) is 8.66. The molecule has 5 nitrogen and oxygen atoms in total. The van der Waals surface area contributed by atoms with Crippen LogP contribution < -0.4 is 0 Å². The van der Waals surface area contributed by atoms with Crippen molar-refractivity contribution >= 4 is 11.5 Å². The summed E-state index contributed by atoms with van der Waals surface area (Å²) in [4.78, 5) is 17.7. The molecule has 0 amide bonds. The van der Waals surface area contributed by atoms with Gasteiger partial charge in [0.2, 0.25) is 0 Å². The molecule has 1 aliphatic rings. The third-order valence-electron chi connectivity index (χ3n) is 3.62. The van der Waals surface area contributed by atoms with E-state index in [1.165, 1.54) is 0 Å². The summed E-state index contributed by atoms with van der Waals surface area (Å²) in [5.74, 6) is 0.0319. The lowest BCUT2D eigenvalue weighted by atomic mass is 10.2. The van der Waals surface area contributed by atoms with E-state index >= 15 is 0 Å². The standard InChI is InChI=1S/C13H15N3O2/c1-15-6-2-3-11(15)12-14-7-10-5-4-9(13(17)18)8-16(10)12/h4-5,7-8,11H,2-3,6H2,1H3,(H,17,18). The summed E-state index contributed by atoms with van der Waals surface area (Å²) >= 11 is 0. The van der Waals surface area contributed by atoms with Gasteiger partial charge >= 0.3 is 5.97 Å². The summed E-state index contributed by atoms with van der Waals surface area (Å²) in [6, 6.07) is 3.70. The molecule has 2 aromatic rings. The number of likely N-dealkylation sites (tertiary alicyclic amines) is 1. The maximum absolute atomic E-state index is 11.0. The van der Waals surface area contributed by atoms with E-state index in [4.69, 9.17) is 5.11 Å². The van der Waals surface area contributed by atoms with Crippen molar-refractivity contribution < 1.29 is 9.90 Å². The number of hydrogen-bond donors (Lipinski definition) is 1. The predicted octanol–water partition coefficient (Wildman–Crippen LogP) is 1.80. The van der Waals surface area contributed by atoms with E-state index in [2.05, 4.69) is 16.9 Å². The van der Waals surface area contributed by atoms with Crippen molar-refractivity contribution in [3.8, 4) is 0 Å². The van der Waals surface area contributed by atoms with Crippen LogP contribution in [0.4, 0.5) is 0 Å². The van der Waals surface area contributed by atoms with Crippen molar-refractivity contribution in [2.24, 2.45) is 0 Å². The molecule has 3 heterocycles. The van der Waals surface area contributed by atoms with Crippen LogP contribution in [0.5, 0.6) is 0 Å². The molecule has 1 fully saturated rings. The molecule has 2 aromatic heterocycles. The van der Waals surface area contributed by atoms with Crippen LogP contribution in [0.1, 0.15) is 35.1 Å². The zero-order valence-electron chi connectivity index (χ0n) is 10.2. The van der Waals surface area contributed by atoms with Crippen LogP contribution >= 0.6 is 0 Å². The van der Waals surface area contributed by atoms with Gasteiger partial charge in [0.05, 0.1) is 23.3 Å². The zero-order chi connectivity index (χ0) is 12.7. The van der Waals surface area contributed by atoms with Crippen molar-refractivity contribution in [2.75, 3.05) is 13.6 Å². The number of carbonyl (C=O) groups is 1. The third-order valence-corrected chi connectivity index (χ3v) is 3.62. The SMILES string of the molecule is CN1CCCC1c1ncc2ccc(C(=O)O)cn12. The predicted molar refractivity (Wildman–Crippen MR) is 66.8 cm³/mol. The minimum atomic E-state index is -0.906. The number of hydrogen-bond acceptors (Lipinski definition) is 3. The van der Waals surface area contributed by atoms with E-state index < -0.39 is 5.97 Å². The number of fused-ring (bicyclic) bond motifs is 1. The van der Waals surface area contributed by atoms with Crippen molar-refractivity contribution in [1.29, 1.82) is 0 Å². The Morgan fingerprint density at radius 3 is 3.00 bits per heavy atom. The molecule has 3 rings (SSSR count). The molecule has 5 heteroatoms. The maximum atomic E-state index is 11.0. The quantitative estimate of drug-likeness (QED) is 0.876. The topological polar surface area (TPSA) is 57.8 Å². The van der Waals surface area contributed by atoms with Gasteiger partial charge in [0.1, 0.15) is 5.82 Å². The van der Waals surface area contributed by atoms with Crippen molar-refractivity contribution in [3.05, 3.63) is 35.9 Å². The second kappa shape index (κ2) is 4.10. The summed E-state index contributed by atoms with van der Waals surface area (Å²) in [6.45, 7) is 1.07. The minimum Gasteiger partial charge on any atom is -0.478 e. The fraction of sp³-hybridized carbons (Fsp3) is 0.385. The molecule has 94 valence electrons. The van der Waals surface area contributed by atoms with Crippen LogP contribution in [0.3, 0.4) is 0 Å². The van der Waals surface area contributed by atoms with E-state index in [9.17, 15) is 4.79 Å². The molecule has 0 aliphatic carbocycles. The van der Waals surface area contributed by atoms with Gasteiger partial charge in [0, 0.05) is 6.20 Å². The average molecular weight is 245 g/mol. The van der Waals surface area contributed by atoms with Gasteiger partial charge in [-0.05, 0) is 38.6 Å². The number of aromatic nitrogens is 2. The molecule has 1 N–H and O–H groups in total. The van der Waals surface area contributed by atoms with Crippen molar-refractivity contribution in [2.45, 2.75) is 18.9 Å². The molecule has 0 saturated carbocycles. The molecule has 1 unspecified atom stereocenters. The Bertz CT molecular complexity index is 605. The highest BCUT2D eigenvalue weighted by Gasteiger charge is 2.26. The number of carboxylic acids is 1. The Morgan fingerprint density at radius 1 is 1.50 bits per heavy atom. The Hall–Kier alpha value is -1.88. The van der Waals surface area contributed by atoms with Gasteiger partial charge in [-0.1, -0.05) is 0 Å². The lowest BCUT2D eigenvalue weighted by molar-refractivity contribution is 0.0696. The van der Waals surface area contributed by atoms with Crippen LogP contribution in [0, 0.1) is 0 Å². The zero-order valence-corrected chi connectivity index (χ0v) is 10.2. The summed E-state index contributed by atoms with van der Waals surface area (Å²) < 4.78 is 1.90. The molecule has 0 spiro atoms. The summed E-state index contributed by atoms with van der Waals surface area (Å²) in [5.41, 5.74) is 1.23. The van der Waals surface area contributed by atoms with Crippen molar-refractivity contribution in [3.63, 3.8) is 0 Å². The fourth-order valence-electron chi connectivity index (χ4n) is 2.62. The largest absolute Gasteiger partial charge is 0.478 e. The second-order valence-electron chi connectivity index (χ2n) is 4.77. The summed E-state index contributed by atoms with van der Waals surface area (Å²) in [7, 11) is 2.08. The Kier molecular flexibility index (Phi) is 2.56. The average Bonchev–Trinajstić information content (AvgIpc) is 2.93. The van der Waals surface area contributed by atoms with Gasteiger partial charge in [-0.15, -0.1) is 0 Å². The van der Waals surface area contributed by atoms with Crippen LogP contribution in [0.15, 0.2) is 24.5 Å².